The standard InChI is InChI=1S/C8H10N2/c9-5-7-3-1-2-4-8(7)6-10/h7-8H,1-4H2/t7-,8?/m1/s1. The zero-order valence-corrected chi connectivity index (χ0v) is 5.88. The van der Waals surface area contributed by atoms with Gasteiger partial charge in [-0.3, -0.25) is 0 Å². The summed E-state index contributed by atoms with van der Waals surface area (Å²) in [5, 5.41) is 17.2. The molecular formula is C8H10N2. The van der Waals surface area contributed by atoms with E-state index in [0.717, 1.165) is 25.7 Å². The lowest BCUT2D eigenvalue weighted by Gasteiger charge is -2.19. The van der Waals surface area contributed by atoms with Crippen molar-refractivity contribution in [2.75, 3.05) is 0 Å². The van der Waals surface area contributed by atoms with Crippen LogP contribution in [0.25, 0.3) is 0 Å². The molecule has 1 unspecified atom stereocenters. The minimum absolute atomic E-state index is 0.0127. The minimum Gasteiger partial charge on any atom is -0.198 e. The molecule has 0 bridgehead atoms. The monoisotopic (exact) mass is 134 g/mol. The van der Waals surface area contributed by atoms with Gasteiger partial charge in [0.2, 0.25) is 0 Å². The Morgan fingerprint density at radius 3 is 1.60 bits per heavy atom. The maximum atomic E-state index is 8.59. The van der Waals surface area contributed by atoms with Gasteiger partial charge in [0, 0.05) is 0 Å². The van der Waals surface area contributed by atoms with Crippen LogP contribution >= 0.6 is 0 Å². The van der Waals surface area contributed by atoms with E-state index in [1.54, 1.807) is 0 Å². The van der Waals surface area contributed by atoms with E-state index in [9.17, 15) is 0 Å². The van der Waals surface area contributed by atoms with Crippen molar-refractivity contribution in [1.29, 1.82) is 10.5 Å². The fourth-order valence-electron chi connectivity index (χ4n) is 1.44. The number of nitriles is 2. The van der Waals surface area contributed by atoms with Crippen molar-refractivity contribution < 1.29 is 0 Å². The third kappa shape index (κ3) is 1.28. The summed E-state index contributed by atoms with van der Waals surface area (Å²) in [7, 11) is 0. The van der Waals surface area contributed by atoms with E-state index in [1.165, 1.54) is 0 Å². The average Bonchev–Trinajstić information content (AvgIpc) is 2.04. The summed E-state index contributed by atoms with van der Waals surface area (Å²) in [6.07, 6.45) is 4.09. The second kappa shape index (κ2) is 3.22. The second-order valence-corrected chi connectivity index (χ2v) is 2.76. The third-order valence-corrected chi connectivity index (χ3v) is 2.10. The van der Waals surface area contributed by atoms with Gasteiger partial charge >= 0.3 is 0 Å². The zero-order valence-electron chi connectivity index (χ0n) is 5.88. The Labute approximate surface area is 61.1 Å². The molecule has 2 heteroatoms. The van der Waals surface area contributed by atoms with Crippen molar-refractivity contribution in [1.82, 2.24) is 0 Å². The highest BCUT2D eigenvalue weighted by Gasteiger charge is 2.23. The molecule has 0 N–H and O–H groups in total. The number of hydrogen-bond acceptors (Lipinski definition) is 2. The number of nitrogens with zero attached hydrogens (tertiary/aromatic N) is 2. The predicted octanol–water partition coefficient (Wildman–Crippen LogP) is 1.84. The highest BCUT2D eigenvalue weighted by molar-refractivity contribution is 4.99. The molecule has 52 valence electrons. The van der Waals surface area contributed by atoms with Gasteiger partial charge in [0.15, 0.2) is 0 Å². The van der Waals surface area contributed by atoms with Crippen LogP contribution in [0, 0.1) is 34.5 Å². The summed E-state index contributed by atoms with van der Waals surface area (Å²) >= 11 is 0. The van der Waals surface area contributed by atoms with E-state index in [1.807, 2.05) is 0 Å². The van der Waals surface area contributed by atoms with Crippen molar-refractivity contribution in [2.45, 2.75) is 25.7 Å². The van der Waals surface area contributed by atoms with Gasteiger partial charge in [-0.05, 0) is 12.8 Å². The van der Waals surface area contributed by atoms with Crippen LogP contribution in [0.2, 0.25) is 0 Å². The Hall–Kier alpha value is -1.02. The van der Waals surface area contributed by atoms with Gasteiger partial charge in [-0.25, -0.2) is 0 Å². The van der Waals surface area contributed by atoms with E-state index < -0.39 is 0 Å². The van der Waals surface area contributed by atoms with Crippen LogP contribution in [0.15, 0.2) is 0 Å². The SMILES string of the molecule is N#CC1CCCC[C@@H]1C#N. The molecule has 0 radical (unpaired) electrons. The Kier molecular flexibility index (Phi) is 2.29. The average molecular weight is 134 g/mol. The summed E-state index contributed by atoms with van der Waals surface area (Å²) in [4.78, 5) is 0. The summed E-state index contributed by atoms with van der Waals surface area (Å²) in [5.74, 6) is 0.0255. The van der Waals surface area contributed by atoms with Crippen molar-refractivity contribution in [2.24, 2.45) is 11.8 Å². The van der Waals surface area contributed by atoms with Crippen LogP contribution < -0.4 is 0 Å². The topological polar surface area (TPSA) is 47.6 Å². The molecule has 2 nitrogen and oxygen atoms in total. The first-order valence-corrected chi connectivity index (χ1v) is 3.67. The molecule has 1 rings (SSSR count). The lowest BCUT2D eigenvalue weighted by atomic mass is 9.81. The van der Waals surface area contributed by atoms with Crippen molar-refractivity contribution >= 4 is 0 Å². The molecule has 1 aliphatic carbocycles. The molecular weight excluding hydrogens is 124 g/mol. The van der Waals surface area contributed by atoms with Crippen LogP contribution in [-0.2, 0) is 0 Å². The van der Waals surface area contributed by atoms with E-state index >= 15 is 0 Å². The molecule has 1 fully saturated rings. The highest BCUT2D eigenvalue weighted by Crippen LogP contribution is 2.28. The molecule has 0 aliphatic heterocycles. The fourth-order valence-corrected chi connectivity index (χ4v) is 1.44. The lowest BCUT2D eigenvalue weighted by Crippen LogP contribution is -2.15. The van der Waals surface area contributed by atoms with Crippen LogP contribution in [-0.4, -0.2) is 0 Å². The van der Waals surface area contributed by atoms with Crippen molar-refractivity contribution in [3.63, 3.8) is 0 Å². The molecule has 2 atom stereocenters. The molecule has 0 spiro atoms. The maximum Gasteiger partial charge on any atom is 0.0669 e. The van der Waals surface area contributed by atoms with Gasteiger partial charge in [-0.2, -0.15) is 10.5 Å². The Balaban J connectivity index is 2.54. The van der Waals surface area contributed by atoms with Crippen LogP contribution in [0.1, 0.15) is 25.7 Å². The van der Waals surface area contributed by atoms with E-state index in [0.29, 0.717) is 0 Å². The molecule has 1 saturated carbocycles. The fraction of sp³-hybridized carbons (Fsp3) is 0.750. The van der Waals surface area contributed by atoms with Gasteiger partial charge < -0.3 is 0 Å². The molecule has 0 aromatic carbocycles. The second-order valence-electron chi connectivity index (χ2n) is 2.76. The minimum atomic E-state index is 0.0127. The van der Waals surface area contributed by atoms with Gasteiger partial charge in [0.1, 0.15) is 0 Å². The quantitative estimate of drug-likeness (QED) is 0.507. The summed E-state index contributed by atoms with van der Waals surface area (Å²) in [6.45, 7) is 0. The number of rotatable bonds is 0. The first-order chi connectivity index (χ1) is 4.88. The van der Waals surface area contributed by atoms with Crippen molar-refractivity contribution in [3.05, 3.63) is 0 Å². The first kappa shape index (κ1) is 7.09. The Bertz CT molecular complexity index is 162. The molecule has 0 aromatic rings. The summed E-state index contributed by atoms with van der Waals surface area (Å²) < 4.78 is 0. The summed E-state index contributed by atoms with van der Waals surface area (Å²) in [5.41, 5.74) is 0. The third-order valence-electron chi connectivity index (χ3n) is 2.10. The zero-order chi connectivity index (χ0) is 7.40. The van der Waals surface area contributed by atoms with Crippen LogP contribution in [0.5, 0.6) is 0 Å². The Morgan fingerprint density at radius 2 is 1.30 bits per heavy atom. The van der Waals surface area contributed by atoms with E-state index in [4.69, 9.17) is 10.5 Å². The van der Waals surface area contributed by atoms with E-state index in [2.05, 4.69) is 12.1 Å². The molecule has 0 saturated heterocycles. The summed E-state index contributed by atoms with van der Waals surface area (Å²) in [6, 6.07) is 4.36. The van der Waals surface area contributed by atoms with Gasteiger partial charge in [0.25, 0.3) is 0 Å². The maximum absolute atomic E-state index is 8.59. The molecule has 0 aromatic heterocycles. The van der Waals surface area contributed by atoms with E-state index in [-0.39, 0.29) is 11.8 Å². The van der Waals surface area contributed by atoms with Gasteiger partial charge in [-0.15, -0.1) is 0 Å². The molecule has 0 heterocycles. The largest absolute Gasteiger partial charge is 0.198 e. The molecule has 1 aliphatic rings. The molecule has 0 amide bonds. The highest BCUT2D eigenvalue weighted by atomic mass is 14.4. The Morgan fingerprint density at radius 1 is 0.900 bits per heavy atom. The van der Waals surface area contributed by atoms with Crippen LogP contribution in [0.4, 0.5) is 0 Å². The van der Waals surface area contributed by atoms with Gasteiger partial charge in [-0.1, -0.05) is 12.8 Å². The first-order valence-electron chi connectivity index (χ1n) is 3.67. The normalized spacial score (nSPS) is 32.2. The smallest absolute Gasteiger partial charge is 0.0669 e. The van der Waals surface area contributed by atoms with Gasteiger partial charge in [0.05, 0.1) is 24.0 Å². The predicted molar refractivity (Wildman–Crippen MR) is 36.7 cm³/mol. The molecule has 10 heavy (non-hydrogen) atoms. The van der Waals surface area contributed by atoms with Crippen molar-refractivity contribution in [3.8, 4) is 12.1 Å². The number of hydrogen-bond donors (Lipinski definition) is 0. The van der Waals surface area contributed by atoms with Crippen LogP contribution in [0.3, 0.4) is 0 Å². The lowest BCUT2D eigenvalue weighted by molar-refractivity contribution is 0.352.